The van der Waals surface area contributed by atoms with Crippen LogP contribution in [0.25, 0.3) is 0 Å². The van der Waals surface area contributed by atoms with Gasteiger partial charge in [-0.3, -0.25) is 15.5 Å². The Bertz CT molecular complexity index is 1030. The van der Waals surface area contributed by atoms with Gasteiger partial charge >= 0.3 is 0 Å². The van der Waals surface area contributed by atoms with Crippen LogP contribution in [-0.4, -0.2) is 49.7 Å². The third kappa shape index (κ3) is 4.91. The summed E-state index contributed by atoms with van der Waals surface area (Å²) in [6, 6.07) is 10.7. The summed E-state index contributed by atoms with van der Waals surface area (Å²) in [5.74, 6) is 0. The lowest BCUT2D eigenvalue weighted by atomic mass is 10.1. The number of halogens is 1. The van der Waals surface area contributed by atoms with Gasteiger partial charge in [0.25, 0.3) is 5.69 Å². The Morgan fingerprint density at radius 1 is 1.21 bits per heavy atom. The van der Waals surface area contributed by atoms with Gasteiger partial charge in [-0.1, -0.05) is 23.7 Å². The molecule has 0 atom stereocenters. The number of nitro benzene ring substituents is 1. The first-order valence-corrected chi connectivity index (χ1v) is 10.5. The molecule has 0 amide bonds. The molecule has 11 heteroatoms. The van der Waals surface area contributed by atoms with E-state index in [1.807, 2.05) is 0 Å². The highest BCUT2D eigenvalue weighted by Gasteiger charge is 2.28. The Morgan fingerprint density at radius 2 is 1.86 bits per heavy atom. The van der Waals surface area contributed by atoms with E-state index in [9.17, 15) is 18.5 Å². The van der Waals surface area contributed by atoms with E-state index in [1.54, 1.807) is 31.2 Å². The van der Waals surface area contributed by atoms with E-state index in [1.165, 1.54) is 16.4 Å². The van der Waals surface area contributed by atoms with Crippen molar-refractivity contribution in [3.8, 4) is 0 Å². The first-order valence-electron chi connectivity index (χ1n) is 8.71. The van der Waals surface area contributed by atoms with E-state index in [2.05, 4.69) is 10.5 Å². The van der Waals surface area contributed by atoms with E-state index >= 15 is 0 Å². The SMILES string of the molecule is CC(=NNc1ccc(S(=O)(=O)N2CCOCC2)cc1[N+](=O)[O-])c1ccc(Cl)cc1. The molecule has 0 aromatic heterocycles. The van der Waals surface area contributed by atoms with E-state index in [-0.39, 0.29) is 29.4 Å². The summed E-state index contributed by atoms with van der Waals surface area (Å²) in [7, 11) is -3.84. The third-order valence-corrected chi connectivity index (χ3v) is 6.53. The molecule has 1 fully saturated rings. The Hall–Kier alpha value is -2.53. The summed E-state index contributed by atoms with van der Waals surface area (Å²) in [5.41, 5.74) is 3.73. The number of rotatable bonds is 6. The minimum absolute atomic E-state index is 0.0873. The average Bonchev–Trinajstić information content (AvgIpc) is 2.73. The quantitative estimate of drug-likeness (QED) is 0.421. The first kappa shape index (κ1) is 21.2. The number of sulfonamides is 1. The van der Waals surface area contributed by atoms with Gasteiger partial charge in [-0.2, -0.15) is 9.41 Å². The van der Waals surface area contributed by atoms with Gasteiger partial charge in [0.1, 0.15) is 5.69 Å². The zero-order valence-electron chi connectivity index (χ0n) is 15.5. The standard InChI is InChI=1S/C18H19ClN4O5S/c1-13(14-2-4-15(19)5-3-14)20-21-17-7-6-16(12-18(17)23(24)25)29(26,27)22-8-10-28-11-9-22/h2-7,12,21H,8-11H2,1H3. The van der Waals surface area contributed by atoms with E-state index in [0.29, 0.717) is 23.9 Å². The fraction of sp³-hybridized carbons (Fsp3) is 0.278. The van der Waals surface area contributed by atoms with Crippen molar-refractivity contribution >= 4 is 38.7 Å². The number of anilines is 1. The molecular formula is C18H19ClN4O5S. The van der Waals surface area contributed by atoms with Crippen LogP contribution in [0.4, 0.5) is 11.4 Å². The topological polar surface area (TPSA) is 114 Å². The molecule has 1 heterocycles. The molecule has 3 rings (SSSR count). The maximum absolute atomic E-state index is 12.7. The predicted octanol–water partition coefficient (Wildman–Crippen LogP) is 3.11. The number of benzene rings is 2. The van der Waals surface area contributed by atoms with Crippen molar-refractivity contribution in [1.29, 1.82) is 0 Å². The van der Waals surface area contributed by atoms with Crippen molar-refractivity contribution in [2.75, 3.05) is 31.7 Å². The number of hydrazone groups is 1. The molecule has 2 aromatic carbocycles. The smallest absolute Gasteiger partial charge is 0.295 e. The molecule has 29 heavy (non-hydrogen) atoms. The molecule has 0 unspecified atom stereocenters. The number of ether oxygens (including phenoxy) is 1. The highest BCUT2D eigenvalue weighted by Crippen LogP contribution is 2.29. The molecule has 0 bridgehead atoms. The fourth-order valence-electron chi connectivity index (χ4n) is 2.75. The second kappa shape index (κ2) is 8.87. The van der Waals surface area contributed by atoms with Crippen LogP contribution in [0, 0.1) is 10.1 Å². The van der Waals surface area contributed by atoms with Gasteiger partial charge in [0, 0.05) is 24.2 Å². The summed E-state index contributed by atoms with van der Waals surface area (Å²) in [4.78, 5) is 10.7. The summed E-state index contributed by atoms with van der Waals surface area (Å²) in [6.45, 7) is 2.74. The molecule has 1 saturated heterocycles. The number of hydrogen-bond donors (Lipinski definition) is 1. The summed E-state index contributed by atoms with van der Waals surface area (Å²) in [5, 5.41) is 16.3. The lowest BCUT2D eigenvalue weighted by Gasteiger charge is -2.26. The van der Waals surface area contributed by atoms with E-state index in [4.69, 9.17) is 16.3 Å². The molecular weight excluding hydrogens is 420 g/mol. The second-order valence-corrected chi connectivity index (χ2v) is 8.64. The van der Waals surface area contributed by atoms with Gasteiger partial charge in [0.15, 0.2) is 0 Å². The highest BCUT2D eigenvalue weighted by atomic mass is 35.5. The maximum atomic E-state index is 12.7. The maximum Gasteiger partial charge on any atom is 0.295 e. The van der Waals surface area contributed by atoms with Gasteiger partial charge in [0.2, 0.25) is 10.0 Å². The molecule has 1 N–H and O–H groups in total. The van der Waals surface area contributed by atoms with Crippen LogP contribution < -0.4 is 5.43 Å². The molecule has 0 spiro atoms. The van der Waals surface area contributed by atoms with Crippen LogP contribution in [0.3, 0.4) is 0 Å². The molecule has 9 nitrogen and oxygen atoms in total. The van der Waals surface area contributed by atoms with E-state index in [0.717, 1.165) is 11.6 Å². The first-order chi connectivity index (χ1) is 13.8. The largest absolute Gasteiger partial charge is 0.379 e. The van der Waals surface area contributed by atoms with Gasteiger partial charge in [-0.15, -0.1) is 0 Å². The zero-order valence-corrected chi connectivity index (χ0v) is 17.1. The van der Waals surface area contributed by atoms with Crippen molar-refractivity contribution in [1.82, 2.24) is 4.31 Å². The lowest BCUT2D eigenvalue weighted by molar-refractivity contribution is -0.384. The molecule has 1 aliphatic heterocycles. The number of nitrogens with one attached hydrogen (secondary N) is 1. The summed E-state index contributed by atoms with van der Waals surface area (Å²) >= 11 is 5.86. The number of nitrogens with zero attached hydrogens (tertiary/aromatic N) is 3. The average molecular weight is 439 g/mol. The highest BCUT2D eigenvalue weighted by molar-refractivity contribution is 7.89. The predicted molar refractivity (Wildman–Crippen MR) is 110 cm³/mol. The van der Waals surface area contributed by atoms with Crippen molar-refractivity contribution in [2.24, 2.45) is 5.10 Å². The summed E-state index contributed by atoms with van der Waals surface area (Å²) in [6.07, 6.45) is 0. The van der Waals surface area contributed by atoms with Gasteiger partial charge in [-0.25, -0.2) is 8.42 Å². The second-order valence-electron chi connectivity index (χ2n) is 6.27. The van der Waals surface area contributed by atoms with Crippen LogP contribution in [0.15, 0.2) is 52.5 Å². The summed E-state index contributed by atoms with van der Waals surface area (Å²) < 4.78 is 31.9. The molecule has 0 radical (unpaired) electrons. The number of hydrogen-bond acceptors (Lipinski definition) is 7. The minimum Gasteiger partial charge on any atom is -0.379 e. The lowest BCUT2D eigenvalue weighted by Crippen LogP contribution is -2.40. The molecule has 2 aromatic rings. The fourth-order valence-corrected chi connectivity index (χ4v) is 4.31. The van der Waals surface area contributed by atoms with Gasteiger partial charge in [-0.05, 0) is 36.8 Å². The van der Waals surface area contributed by atoms with E-state index < -0.39 is 14.9 Å². The van der Waals surface area contributed by atoms with Crippen LogP contribution >= 0.6 is 11.6 Å². The Morgan fingerprint density at radius 3 is 2.48 bits per heavy atom. The van der Waals surface area contributed by atoms with Crippen LogP contribution in [-0.2, 0) is 14.8 Å². The number of morpholine rings is 1. The normalized spacial score (nSPS) is 15.9. The van der Waals surface area contributed by atoms with Crippen molar-refractivity contribution in [2.45, 2.75) is 11.8 Å². The van der Waals surface area contributed by atoms with Crippen LogP contribution in [0.2, 0.25) is 5.02 Å². The zero-order chi connectivity index (χ0) is 21.0. The minimum atomic E-state index is -3.84. The number of nitro groups is 1. The third-order valence-electron chi connectivity index (χ3n) is 4.38. The van der Waals surface area contributed by atoms with Gasteiger partial charge in [0.05, 0.1) is 28.7 Å². The van der Waals surface area contributed by atoms with Crippen LogP contribution in [0.1, 0.15) is 12.5 Å². The Kier molecular flexibility index (Phi) is 6.48. The van der Waals surface area contributed by atoms with Crippen molar-refractivity contribution in [3.63, 3.8) is 0 Å². The molecule has 154 valence electrons. The van der Waals surface area contributed by atoms with Gasteiger partial charge < -0.3 is 4.74 Å². The Balaban J connectivity index is 1.87. The van der Waals surface area contributed by atoms with Crippen molar-refractivity contribution in [3.05, 3.63) is 63.2 Å². The van der Waals surface area contributed by atoms with Crippen molar-refractivity contribution < 1.29 is 18.1 Å². The monoisotopic (exact) mass is 438 g/mol. The molecule has 0 saturated carbocycles. The van der Waals surface area contributed by atoms with Crippen LogP contribution in [0.5, 0.6) is 0 Å². The molecule has 1 aliphatic rings. The Labute approximate surface area is 173 Å². The molecule has 0 aliphatic carbocycles.